The fourth-order valence-electron chi connectivity index (χ4n) is 3.53. The van der Waals surface area contributed by atoms with Gasteiger partial charge < -0.3 is 16.0 Å². The lowest BCUT2D eigenvalue weighted by atomic mass is 10.0. The fraction of sp³-hybridized carbons (Fsp3) is 0.296. The monoisotopic (exact) mass is 443 g/mol. The minimum Gasteiger partial charge on any atom is -0.380 e. The van der Waals surface area contributed by atoms with Crippen molar-refractivity contribution in [2.75, 3.05) is 18.4 Å². The van der Waals surface area contributed by atoms with Gasteiger partial charge in [-0.15, -0.1) is 11.3 Å². The number of hydrogen-bond acceptors (Lipinski definition) is 4. The molecule has 2 heterocycles. The second-order valence-corrected chi connectivity index (χ2v) is 9.44. The normalized spacial score (nSPS) is 13.2. The average Bonchev–Trinajstić information content (AvgIpc) is 3.29. The fourth-order valence-corrected chi connectivity index (χ4v) is 4.29. The number of carbonyl (C=O) groups excluding carboxylic acids is 1. The highest BCUT2D eigenvalue weighted by Crippen LogP contribution is 2.29. The number of carbonyl (C=O) groups is 1. The van der Waals surface area contributed by atoms with Crippen LogP contribution in [0.3, 0.4) is 0 Å². The molecule has 0 spiro atoms. The number of amides is 1. The molecule has 1 aliphatic rings. The molecule has 1 amide bonds. The number of nitrogens with one attached hydrogen (secondary N) is 3. The Morgan fingerprint density at radius 2 is 2.03 bits per heavy atom. The molecule has 0 saturated carbocycles. The van der Waals surface area contributed by atoms with Crippen LogP contribution in [0.1, 0.15) is 40.9 Å². The van der Waals surface area contributed by atoms with Crippen LogP contribution >= 0.6 is 11.3 Å². The summed E-state index contributed by atoms with van der Waals surface area (Å²) in [5.41, 5.74) is 5.87. The van der Waals surface area contributed by atoms with Crippen LogP contribution in [0, 0.1) is 24.7 Å². The van der Waals surface area contributed by atoms with Crippen LogP contribution in [0.25, 0.3) is 10.4 Å². The predicted molar refractivity (Wildman–Crippen MR) is 134 cm³/mol. The van der Waals surface area contributed by atoms with E-state index in [1.54, 1.807) is 11.3 Å². The van der Waals surface area contributed by atoms with Crippen LogP contribution in [0.5, 0.6) is 0 Å². The first-order chi connectivity index (χ1) is 15.5. The molecule has 164 valence electrons. The Labute approximate surface area is 194 Å². The molecule has 2 aromatic carbocycles. The molecule has 1 aromatic heterocycles. The lowest BCUT2D eigenvalue weighted by Gasteiger charge is -2.29. The standard InChI is InChI=1S/C27H29N3OS/c1-18(2)6-9-21-10-8-20(13-25(21)26-5-4-12-32-26)15-29-27(31)24-14-22(11-7-19(24)3)30-23-16-28-17-23/h4-5,7-8,10-14,18,23,28,30H,15-17H2,1-3H3,(H,29,31). The molecule has 1 fully saturated rings. The Morgan fingerprint density at radius 1 is 1.19 bits per heavy atom. The van der Waals surface area contributed by atoms with Gasteiger partial charge in [0.1, 0.15) is 0 Å². The molecule has 0 atom stereocenters. The van der Waals surface area contributed by atoms with E-state index in [1.807, 2.05) is 25.1 Å². The molecule has 0 aliphatic carbocycles. The molecular weight excluding hydrogens is 414 g/mol. The smallest absolute Gasteiger partial charge is 0.251 e. The second kappa shape index (κ2) is 10.0. The van der Waals surface area contributed by atoms with Crippen molar-refractivity contribution in [1.29, 1.82) is 0 Å². The Hall–Kier alpha value is -3.07. The van der Waals surface area contributed by atoms with Gasteiger partial charge in [0.15, 0.2) is 0 Å². The number of benzene rings is 2. The molecule has 0 bridgehead atoms. The Balaban J connectivity index is 1.50. The molecule has 3 N–H and O–H groups in total. The number of aryl methyl sites for hydroxylation is 1. The minimum atomic E-state index is -0.0563. The highest BCUT2D eigenvalue weighted by molar-refractivity contribution is 7.13. The van der Waals surface area contributed by atoms with Gasteiger partial charge in [-0.1, -0.05) is 43.9 Å². The number of anilines is 1. The molecule has 5 heteroatoms. The summed E-state index contributed by atoms with van der Waals surface area (Å²) in [5.74, 6) is 6.84. The first kappa shape index (κ1) is 22.1. The van der Waals surface area contributed by atoms with Crippen molar-refractivity contribution in [1.82, 2.24) is 10.6 Å². The minimum absolute atomic E-state index is 0.0563. The van der Waals surface area contributed by atoms with Gasteiger partial charge in [-0.25, -0.2) is 0 Å². The Morgan fingerprint density at radius 3 is 2.72 bits per heavy atom. The topological polar surface area (TPSA) is 53.2 Å². The highest BCUT2D eigenvalue weighted by atomic mass is 32.1. The molecule has 1 saturated heterocycles. The van der Waals surface area contributed by atoms with E-state index in [1.165, 1.54) is 4.88 Å². The SMILES string of the molecule is Cc1ccc(NC2CNC2)cc1C(=O)NCc1ccc(C#CC(C)C)c(-c2cccs2)c1. The maximum absolute atomic E-state index is 12.9. The summed E-state index contributed by atoms with van der Waals surface area (Å²) < 4.78 is 0. The summed E-state index contributed by atoms with van der Waals surface area (Å²) in [6, 6.07) is 16.8. The van der Waals surface area contributed by atoms with Crippen LogP contribution in [-0.4, -0.2) is 25.0 Å². The lowest BCUT2D eigenvalue weighted by molar-refractivity contribution is 0.0950. The van der Waals surface area contributed by atoms with E-state index in [9.17, 15) is 4.79 Å². The summed E-state index contributed by atoms with van der Waals surface area (Å²) in [6.07, 6.45) is 0. The zero-order chi connectivity index (χ0) is 22.5. The first-order valence-electron chi connectivity index (χ1n) is 11.0. The zero-order valence-corrected chi connectivity index (χ0v) is 19.6. The Kier molecular flexibility index (Phi) is 6.94. The van der Waals surface area contributed by atoms with E-state index in [-0.39, 0.29) is 5.91 Å². The summed E-state index contributed by atoms with van der Waals surface area (Å²) in [6.45, 7) is 8.55. The van der Waals surface area contributed by atoms with Gasteiger partial charge in [0.05, 0.1) is 6.04 Å². The number of rotatable bonds is 6. The third-order valence-corrected chi connectivity index (χ3v) is 6.36. The number of hydrogen-bond donors (Lipinski definition) is 3. The molecule has 32 heavy (non-hydrogen) atoms. The maximum atomic E-state index is 12.9. The molecule has 0 radical (unpaired) electrons. The van der Waals surface area contributed by atoms with Crippen LogP contribution in [-0.2, 0) is 6.54 Å². The van der Waals surface area contributed by atoms with E-state index in [0.29, 0.717) is 24.1 Å². The maximum Gasteiger partial charge on any atom is 0.251 e. The van der Waals surface area contributed by atoms with E-state index < -0.39 is 0 Å². The third kappa shape index (κ3) is 5.40. The quantitative estimate of drug-likeness (QED) is 0.468. The molecule has 4 rings (SSSR count). The zero-order valence-electron chi connectivity index (χ0n) is 18.8. The van der Waals surface area contributed by atoms with E-state index >= 15 is 0 Å². The predicted octanol–water partition coefficient (Wildman–Crippen LogP) is 5.04. The Bertz CT molecular complexity index is 1150. The average molecular weight is 444 g/mol. The van der Waals surface area contributed by atoms with Gasteiger partial charge in [0.2, 0.25) is 0 Å². The van der Waals surface area contributed by atoms with E-state index in [2.05, 4.69) is 77.4 Å². The summed E-state index contributed by atoms with van der Waals surface area (Å²) in [5, 5.41) is 11.9. The molecular formula is C27H29N3OS. The van der Waals surface area contributed by atoms with E-state index in [4.69, 9.17) is 0 Å². The van der Waals surface area contributed by atoms with Crippen LogP contribution < -0.4 is 16.0 Å². The summed E-state index contributed by atoms with van der Waals surface area (Å²) in [7, 11) is 0. The van der Waals surface area contributed by atoms with Crippen LogP contribution in [0.4, 0.5) is 5.69 Å². The summed E-state index contributed by atoms with van der Waals surface area (Å²) >= 11 is 1.70. The van der Waals surface area contributed by atoms with Gasteiger partial charge in [-0.3, -0.25) is 4.79 Å². The van der Waals surface area contributed by atoms with Gasteiger partial charge >= 0.3 is 0 Å². The molecule has 3 aromatic rings. The largest absolute Gasteiger partial charge is 0.380 e. The van der Waals surface area contributed by atoms with Gasteiger partial charge in [-0.2, -0.15) is 0 Å². The van der Waals surface area contributed by atoms with Gasteiger partial charge in [0.25, 0.3) is 5.91 Å². The van der Waals surface area contributed by atoms with Crippen molar-refractivity contribution in [3.05, 3.63) is 76.2 Å². The van der Waals surface area contributed by atoms with Crippen molar-refractivity contribution < 1.29 is 4.79 Å². The van der Waals surface area contributed by atoms with Crippen LogP contribution in [0.15, 0.2) is 53.9 Å². The van der Waals surface area contributed by atoms with Gasteiger partial charge in [-0.05, 0) is 53.8 Å². The first-order valence-corrected chi connectivity index (χ1v) is 11.9. The third-order valence-electron chi connectivity index (χ3n) is 5.45. The van der Waals surface area contributed by atoms with E-state index in [0.717, 1.165) is 41.0 Å². The van der Waals surface area contributed by atoms with Crippen molar-refractivity contribution in [2.45, 2.75) is 33.4 Å². The van der Waals surface area contributed by atoms with Crippen molar-refractivity contribution in [3.63, 3.8) is 0 Å². The molecule has 0 unspecified atom stereocenters. The van der Waals surface area contributed by atoms with Crippen molar-refractivity contribution in [2.24, 2.45) is 5.92 Å². The van der Waals surface area contributed by atoms with Crippen molar-refractivity contribution >= 4 is 22.9 Å². The van der Waals surface area contributed by atoms with Crippen molar-refractivity contribution in [3.8, 4) is 22.3 Å². The molecule has 1 aliphatic heterocycles. The van der Waals surface area contributed by atoms with Crippen LogP contribution in [0.2, 0.25) is 0 Å². The lowest BCUT2D eigenvalue weighted by Crippen LogP contribution is -2.51. The summed E-state index contributed by atoms with van der Waals surface area (Å²) in [4.78, 5) is 14.1. The molecule has 4 nitrogen and oxygen atoms in total. The van der Waals surface area contributed by atoms with Gasteiger partial charge in [0, 0.05) is 52.8 Å². The number of thiophene rings is 1. The highest BCUT2D eigenvalue weighted by Gasteiger charge is 2.17. The second-order valence-electron chi connectivity index (χ2n) is 8.49.